The molecule has 6 heteroatoms. The molecule has 0 bridgehead atoms. The number of carbonyl (C=O) groups excluding carboxylic acids is 1. The van der Waals surface area contributed by atoms with Gasteiger partial charge in [-0.15, -0.1) is 0 Å². The first-order valence-corrected chi connectivity index (χ1v) is 6.92. The molecular formula is C17H14F2N2O2. The van der Waals surface area contributed by atoms with Crippen LogP contribution < -0.4 is 10.1 Å². The molecule has 0 atom stereocenters. The molecule has 0 radical (unpaired) electrons. The molecule has 2 N–H and O–H groups in total. The predicted octanol–water partition coefficient (Wildman–Crippen LogP) is 4.02. The molecule has 118 valence electrons. The number of rotatable bonds is 3. The van der Waals surface area contributed by atoms with Crippen molar-refractivity contribution in [2.75, 3.05) is 12.4 Å². The Morgan fingerprint density at radius 1 is 1.17 bits per heavy atom. The van der Waals surface area contributed by atoms with E-state index in [0.717, 1.165) is 28.6 Å². The number of carbonyl (C=O) groups is 1. The van der Waals surface area contributed by atoms with E-state index in [1.807, 2.05) is 6.07 Å². The summed E-state index contributed by atoms with van der Waals surface area (Å²) in [4.78, 5) is 15.4. The van der Waals surface area contributed by atoms with Gasteiger partial charge in [0.25, 0.3) is 5.91 Å². The second-order valence-electron chi connectivity index (χ2n) is 5.11. The first kappa shape index (κ1) is 15.0. The summed E-state index contributed by atoms with van der Waals surface area (Å²) in [6.07, 6.45) is 0. The normalized spacial score (nSPS) is 10.8. The van der Waals surface area contributed by atoms with Crippen LogP contribution in [0.5, 0.6) is 5.75 Å². The fourth-order valence-electron chi connectivity index (χ4n) is 2.44. The lowest BCUT2D eigenvalue weighted by atomic mass is 10.1. The van der Waals surface area contributed by atoms with Gasteiger partial charge in [-0.1, -0.05) is 0 Å². The Kier molecular flexibility index (Phi) is 3.73. The quantitative estimate of drug-likeness (QED) is 0.767. The molecule has 3 aromatic rings. The number of halogens is 2. The van der Waals surface area contributed by atoms with Gasteiger partial charge in [0.15, 0.2) is 0 Å². The minimum absolute atomic E-state index is 0.0768. The smallest absolute Gasteiger partial charge is 0.272 e. The zero-order valence-corrected chi connectivity index (χ0v) is 12.5. The number of aromatic nitrogens is 1. The van der Waals surface area contributed by atoms with Gasteiger partial charge in [0.1, 0.15) is 23.1 Å². The summed E-state index contributed by atoms with van der Waals surface area (Å²) in [6.45, 7) is 1.79. The highest BCUT2D eigenvalue weighted by atomic mass is 19.1. The Balaban J connectivity index is 1.96. The number of nitrogens with one attached hydrogen (secondary N) is 2. The zero-order chi connectivity index (χ0) is 16.6. The van der Waals surface area contributed by atoms with Crippen LogP contribution >= 0.6 is 0 Å². The van der Waals surface area contributed by atoms with Gasteiger partial charge in [-0.05, 0) is 42.8 Å². The Labute approximate surface area is 131 Å². The van der Waals surface area contributed by atoms with E-state index in [9.17, 15) is 13.6 Å². The van der Waals surface area contributed by atoms with Gasteiger partial charge < -0.3 is 15.0 Å². The van der Waals surface area contributed by atoms with Crippen molar-refractivity contribution in [3.63, 3.8) is 0 Å². The number of anilines is 1. The highest BCUT2D eigenvalue weighted by molar-refractivity contribution is 6.08. The third-order valence-electron chi connectivity index (χ3n) is 3.67. The van der Waals surface area contributed by atoms with Crippen LogP contribution in [-0.2, 0) is 0 Å². The zero-order valence-electron chi connectivity index (χ0n) is 12.5. The summed E-state index contributed by atoms with van der Waals surface area (Å²) < 4.78 is 31.7. The number of aryl methyl sites for hydroxylation is 1. The van der Waals surface area contributed by atoms with Gasteiger partial charge in [0.05, 0.1) is 12.8 Å². The molecule has 0 fully saturated rings. The Morgan fingerprint density at radius 2 is 1.96 bits per heavy atom. The summed E-state index contributed by atoms with van der Waals surface area (Å²) in [7, 11) is 1.56. The topological polar surface area (TPSA) is 54.1 Å². The van der Waals surface area contributed by atoms with Crippen LogP contribution in [0.25, 0.3) is 10.9 Å². The van der Waals surface area contributed by atoms with Crippen molar-refractivity contribution >= 4 is 22.5 Å². The number of hydrogen-bond donors (Lipinski definition) is 2. The lowest BCUT2D eigenvalue weighted by Crippen LogP contribution is -2.14. The Hall–Kier alpha value is -2.89. The largest absolute Gasteiger partial charge is 0.497 e. The van der Waals surface area contributed by atoms with E-state index in [1.54, 1.807) is 26.2 Å². The molecule has 0 aliphatic heterocycles. The first-order valence-electron chi connectivity index (χ1n) is 6.92. The van der Waals surface area contributed by atoms with E-state index in [4.69, 9.17) is 4.74 Å². The highest BCUT2D eigenvalue weighted by Crippen LogP contribution is 2.26. The van der Waals surface area contributed by atoms with E-state index < -0.39 is 17.5 Å². The molecule has 0 spiro atoms. The summed E-state index contributed by atoms with van der Waals surface area (Å²) >= 11 is 0. The number of aromatic amines is 1. The third-order valence-corrected chi connectivity index (χ3v) is 3.67. The molecule has 2 aromatic carbocycles. The first-order chi connectivity index (χ1) is 11.0. The summed E-state index contributed by atoms with van der Waals surface area (Å²) in [6, 6.07) is 8.39. The molecule has 0 unspecified atom stereocenters. The molecule has 0 saturated carbocycles. The van der Waals surface area contributed by atoms with Crippen molar-refractivity contribution in [1.29, 1.82) is 0 Å². The van der Waals surface area contributed by atoms with Crippen molar-refractivity contribution in [3.8, 4) is 5.75 Å². The van der Waals surface area contributed by atoms with E-state index in [-0.39, 0.29) is 5.69 Å². The van der Waals surface area contributed by atoms with Crippen LogP contribution in [0, 0.1) is 18.6 Å². The maximum absolute atomic E-state index is 13.6. The van der Waals surface area contributed by atoms with Gasteiger partial charge >= 0.3 is 0 Å². The molecular weight excluding hydrogens is 302 g/mol. The number of ether oxygens (including phenoxy) is 1. The SMILES string of the molecule is COc1ccc2[nH]c(C(=O)Nc3ccc(F)cc3F)c(C)c2c1. The maximum Gasteiger partial charge on any atom is 0.272 e. The van der Waals surface area contributed by atoms with Crippen molar-refractivity contribution < 1.29 is 18.3 Å². The molecule has 4 nitrogen and oxygen atoms in total. The lowest BCUT2D eigenvalue weighted by molar-refractivity contribution is 0.102. The fourth-order valence-corrected chi connectivity index (χ4v) is 2.44. The minimum atomic E-state index is -0.825. The Bertz CT molecular complexity index is 903. The van der Waals surface area contributed by atoms with Crippen LogP contribution in [0.15, 0.2) is 36.4 Å². The van der Waals surface area contributed by atoms with E-state index in [1.165, 1.54) is 6.07 Å². The molecule has 0 aliphatic carbocycles. The number of methoxy groups -OCH3 is 1. The summed E-state index contributed by atoms with van der Waals surface area (Å²) in [5.74, 6) is -1.34. The van der Waals surface area contributed by atoms with Crippen molar-refractivity contribution in [1.82, 2.24) is 4.98 Å². The summed E-state index contributed by atoms with van der Waals surface area (Å²) in [5, 5.41) is 3.28. The average Bonchev–Trinajstić information content (AvgIpc) is 2.86. The van der Waals surface area contributed by atoms with Crippen molar-refractivity contribution in [3.05, 3.63) is 59.3 Å². The van der Waals surface area contributed by atoms with Crippen LogP contribution in [0.1, 0.15) is 16.1 Å². The average molecular weight is 316 g/mol. The van der Waals surface area contributed by atoms with Crippen molar-refractivity contribution in [2.45, 2.75) is 6.92 Å². The molecule has 1 heterocycles. The number of fused-ring (bicyclic) bond motifs is 1. The standard InChI is InChI=1S/C17H14F2N2O2/c1-9-12-8-11(23-2)4-6-14(12)20-16(9)17(22)21-15-5-3-10(18)7-13(15)19/h3-8,20H,1-2H3,(H,21,22). The van der Waals surface area contributed by atoms with E-state index in [2.05, 4.69) is 10.3 Å². The number of amides is 1. The van der Waals surface area contributed by atoms with Gasteiger partial charge in [0, 0.05) is 17.0 Å². The van der Waals surface area contributed by atoms with Crippen LogP contribution in [0.2, 0.25) is 0 Å². The lowest BCUT2D eigenvalue weighted by Gasteiger charge is -2.06. The third kappa shape index (κ3) is 2.75. The fraction of sp³-hybridized carbons (Fsp3) is 0.118. The maximum atomic E-state index is 13.6. The number of hydrogen-bond acceptors (Lipinski definition) is 2. The monoisotopic (exact) mass is 316 g/mol. The van der Waals surface area contributed by atoms with Gasteiger partial charge in [0.2, 0.25) is 0 Å². The summed E-state index contributed by atoms with van der Waals surface area (Å²) in [5.41, 5.74) is 1.73. The second kappa shape index (κ2) is 5.72. The van der Waals surface area contributed by atoms with Crippen molar-refractivity contribution in [2.24, 2.45) is 0 Å². The Morgan fingerprint density at radius 3 is 2.65 bits per heavy atom. The molecule has 1 aromatic heterocycles. The molecule has 1 amide bonds. The predicted molar refractivity (Wildman–Crippen MR) is 83.9 cm³/mol. The van der Waals surface area contributed by atoms with Gasteiger partial charge in [-0.2, -0.15) is 0 Å². The number of H-pyrrole nitrogens is 1. The van der Waals surface area contributed by atoms with Gasteiger partial charge in [-0.25, -0.2) is 8.78 Å². The van der Waals surface area contributed by atoms with Crippen LogP contribution in [0.3, 0.4) is 0 Å². The minimum Gasteiger partial charge on any atom is -0.497 e. The van der Waals surface area contributed by atoms with E-state index >= 15 is 0 Å². The molecule has 3 rings (SSSR count). The van der Waals surface area contributed by atoms with E-state index in [0.29, 0.717) is 11.4 Å². The molecule has 0 saturated heterocycles. The molecule has 23 heavy (non-hydrogen) atoms. The molecule has 0 aliphatic rings. The highest BCUT2D eigenvalue weighted by Gasteiger charge is 2.17. The van der Waals surface area contributed by atoms with Gasteiger partial charge in [-0.3, -0.25) is 4.79 Å². The van der Waals surface area contributed by atoms with Crippen LogP contribution in [-0.4, -0.2) is 18.0 Å². The van der Waals surface area contributed by atoms with Crippen LogP contribution in [0.4, 0.5) is 14.5 Å². The second-order valence-corrected chi connectivity index (χ2v) is 5.11. The number of benzene rings is 2.